The molecule has 0 aliphatic rings. The number of rotatable bonds is 7. The van der Waals surface area contributed by atoms with Gasteiger partial charge in [0, 0.05) is 19.7 Å². The first kappa shape index (κ1) is 19.4. The van der Waals surface area contributed by atoms with Crippen LogP contribution in [0.25, 0.3) is 11.3 Å². The highest BCUT2D eigenvalue weighted by Crippen LogP contribution is 2.39. The monoisotopic (exact) mass is 496 g/mol. The molecule has 6 nitrogen and oxygen atoms in total. The Hall–Kier alpha value is -2.33. The number of carbonyl (C=O) groups is 1. The predicted octanol–water partition coefficient (Wildman–Crippen LogP) is 4.80. The highest BCUT2D eigenvalue weighted by molar-refractivity contribution is 14.1. The minimum atomic E-state index is -0.914. The van der Waals surface area contributed by atoms with Crippen molar-refractivity contribution in [2.24, 2.45) is 0 Å². The zero-order valence-electron chi connectivity index (χ0n) is 14.7. The molecule has 0 aliphatic heterocycles. The third kappa shape index (κ3) is 4.69. The Morgan fingerprint density at radius 2 is 1.93 bits per heavy atom. The van der Waals surface area contributed by atoms with Gasteiger partial charge >= 0.3 is 5.97 Å². The maximum Gasteiger partial charge on any atom is 0.308 e. The van der Waals surface area contributed by atoms with Crippen LogP contribution in [0.4, 0.5) is 10.8 Å². The maximum atomic E-state index is 11.3. The average Bonchev–Trinajstić information content (AvgIpc) is 3.04. The molecule has 0 spiro atoms. The Bertz CT molecular complexity index is 957. The zero-order valence-corrected chi connectivity index (χ0v) is 17.6. The number of methoxy groups -OCH3 is 2. The van der Waals surface area contributed by atoms with E-state index in [0.717, 1.165) is 9.26 Å². The quantitative estimate of drug-likeness (QED) is 0.458. The van der Waals surface area contributed by atoms with E-state index in [1.807, 2.05) is 24.3 Å². The van der Waals surface area contributed by atoms with Gasteiger partial charge in [-0.1, -0.05) is 0 Å². The molecule has 0 saturated heterocycles. The highest BCUT2D eigenvalue weighted by atomic mass is 127. The van der Waals surface area contributed by atoms with Crippen molar-refractivity contribution in [2.75, 3.05) is 19.5 Å². The van der Waals surface area contributed by atoms with Crippen LogP contribution in [0.3, 0.4) is 0 Å². The first-order chi connectivity index (χ1) is 13.0. The molecule has 27 heavy (non-hydrogen) atoms. The second-order valence-corrected chi connectivity index (χ2v) is 7.89. The molecule has 1 heterocycles. The number of nitrogens with one attached hydrogen (secondary N) is 1. The summed E-state index contributed by atoms with van der Waals surface area (Å²) in [5.41, 5.74) is 2.15. The standard InChI is InChI=1S/C19H17IN2O4S/c1-25-13-7-8-15(26-2)14(9-13)18-16(10-17(23)24)27-19(22-18)21-12-5-3-11(20)4-6-12/h3-9H,10H2,1-2H3,(H,21,22)(H,23,24). The SMILES string of the molecule is COc1ccc(OC)c(-c2nc(Nc3ccc(I)cc3)sc2CC(=O)O)c1. The Morgan fingerprint density at radius 1 is 1.19 bits per heavy atom. The molecule has 0 fully saturated rings. The Morgan fingerprint density at radius 3 is 2.56 bits per heavy atom. The molecule has 0 bridgehead atoms. The summed E-state index contributed by atoms with van der Waals surface area (Å²) >= 11 is 3.55. The topological polar surface area (TPSA) is 80.7 Å². The van der Waals surface area contributed by atoms with Crippen molar-refractivity contribution in [1.29, 1.82) is 0 Å². The largest absolute Gasteiger partial charge is 0.497 e. The molecule has 1 aromatic heterocycles. The van der Waals surface area contributed by atoms with E-state index >= 15 is 0 Å². The van der Waals surface area contributed by atoms with E-state index in [1.165, 1.54) is 11.3 Å². The van der Waals surface area contributed by atoms with Gasteiger partial charge in [0.05, 0.1) is 26.3 Å². The highest BCUT2D eigenvalue weighted by Gasteiger charge is 2.19. The molecule has 0 amide bonds. The van der Waals surface area contributed by atoms with Gasteiger partial charge in [0.25, 0.3) is 0 Å². The number of aliphatic carboxylic acids is 1. The van der Waals surface area contributed by atoms with Crippen LogP contribution in [0.2, 0.25) is 0 Å². The smallest absolute Gasteiger partial charge is 0.308 e. The van der Waals surface area contributed by atoms with Crippen molar-refractivity contribution in [3.05, 3.63) is 50.9 Å². The van der Waals surface area contributed by atoms with Crippen molar-refractivity contribution in [3.8, 4) is 22.8 Å². The van der Waals surface area contributed by atoms with Gasteiger partial charge in [-0.2, -0.15) is 0 Å². The third-order valence-electron chi connectivity index (χ3n) is 3.77. The molecule has 8 heteroatoms. The molecular formula is C19H17IN2O4S. The normalized spacial score (nSPS) is 10.5. The van der Waals surface area contributed by atoms with Gasteiger partial charge < -0.3 is 19.9 Å². The number of anilines is 2. The molecule has 2 N–H and O–H groups in total. The summed E-state index contributed by atoms with van der Waals surface area (Å²) in [7, 11) is 3.15. The van der Waals surface area contributed by atoms with Crippen LogP contribution in [0, 0.1) is 3.57 Å². The number of thiazole rings is 1. The number of carboxylic acid groups (broad SMARTS) is 1. The minimum Gasteiger partial charge on any atom is -0.497 e. The summed E-state index contributed by atoms with van der Waals surface area (Å²) in [6.45, 7) is 0. The Labute approximate surface area is 174 Å². The van der Waals surface area contributed by atoms with Crippen LogP contribution in [0.15, 0.2) is 42.5 Å². The van der Waals surface area contributed by atoms with Crippen molar-refractivity contribution in [1.82, 2.24) is 4.98 Å². The number of ether oxygens (including phenoxy) is 2. The molecule has 0 saturated carbocycles. The second kappa shape index (κ2) is 8.57. The lowest BCUT2D eigenvalue weighted by Gasteiger charge is -2.10. The molecule has 3 rings (SSSR count). The fourth-order valence-electron chi connectivity index (χ4n) is 2.53. The first-order valence-electron chi connectivity index (χ1n) is 7.96. The van der Waals surface area contributed by atoms with Crippen LogP contribution >= 0.6 is 33.9 Å². The predicted molar refractivity (Wildman–Crippen MR) is 114 cm³/mol. The number of aromatic nitrogens is 1. The molecule has 0 atom stereocenters. The molecule has 0 radical (unpaired) electrons. The van der Waals surface area contributed by atoms with Crippen molar-refractivity contribution in [3.63, 3.8) is 0 Å². The van der Waals surface area contributed by atoms with Gasteiger partial charge in [0.2, 0.25) is 0 Å². The summed E-state index contributed by atoms with van der Waals surface area (Å²) in [6, 6.07) is 13.2. The van der Waals surface area contributed by atoms with E-state index in [4.69, 9.17) is 9.47 Å². The van der Waals surface area contributed by atoms with Crippen LogP contribution in [0.1, 0.15) is 4.88 Å². The van der Waals surface area contributed by atoms with Crippen molar-refractivity contribution in [2.45, 2.75) is 6.42 Å². The second-order valence-electron chi connectivity index (χ2n) is 5.56. The number of halogens is 1. The number of hydrogen-bond donors (Lipinski definition) is 2. The van der Waals surface area contributed by atoms with Crippen molar-refractivity contribution < 1.29 is 19.4 Å². The van der Waals surface area contributed by atoms with E-state index < -0.39 is 5.97 Å². The fraction of sp³-hybridized carbons (Fsp3) is 0.158. The van der Waals surface area contributed by atoms with E-state index in [9.17, 15) is 9.90 Å². The van der Waals surface area contributed by atoms with Crippen LogP contribution in [-0.2, 0) is 11.2 Å². The summed E-state index contributed by atoms with van der Waals surface area (Å²) in [5, 5.41) is 13.2. The minimum absolute atomic E-state index is 0.123. The van der Waals surface area contributed by atoms with Crippen LogP contribution in [-0.4, -0.2) is 30.3 Å². The Balaban J connectivity index is 2.04. The molecule has 140 valence electrons. The maximum absolute atomic E-state index is 11.3. The van der Waals surface area contributed by atoms with Crippen LogP contribution < -0.4 is 14.8 Å². The number of benzene rings is 2. The van der Waals surface area contributed by atoms with E-state index in [-0.39, 0.29) is 6.42 Å². The van der Waals surface area contributed by atoms with Gasteiger partial charge in [-0.15, -0.1) is 11.3 Å². The third-order valence-corrected chi connectivity index (χ3v) is 5.46. The molecular weight excluding hydrogens is 479 g/mol. The van der Waals surface area contributed by atoms with Gasteiger partial charge in [-0.05, 0) is 65.1 Å². The van der Waals surface area contributed by atoms with Gasteiger partial charge in [-0.3, -0.25) is 4.79 Å². The Kier molecular flexibility index (Phi) is 6.17. The summed E-state index contributed by atoms with van der Waals surface area (Å²) < 4.78 is 11.9. The van der Waals surface area contributed by atoms with Gasteiger partial charge in [0.15, 0.2) is 5.13 Å². The van der Waals surface area contributed by atoms with E-state index in [0.29, 0.717) is 32.8 Å². The zero-order chi connectivity index (χ0) is 19.4. The first-order valence-corrected chi connectivity index (χ1v) is 9.86. The molecule has 0 unspecified atom stereocenters. The molecule has 0 aliphatic carbocycles. The fourth-order valence-corrected chi connectivity index (χ4v) is 3.88. The summed E-state index contributed by atoms with van der Waals surface area (Å²) in [5.74, 6) is 0.336. The van der Waals surface area contributed by atoms with Crippen molar-refractivity contribution >= 4 is 50.7 Å². The van der Waals surface area contributed by atoms with E-state index in [2.05, 4.69) is 32.9 Å². The molecule has 2 aromatic carbocycles. The lowest BCUT2D eigenvalue weighted by molar-refractivity contribution is -0.136. The number of carboxylic acids is 1. The number of nitrogens with zero attached hydrogens (tertiary/aromatic N) is 1. The lowest BCUT2D eigenvalue weighted by Crippen LogP contribution is -2.00. The summed E-state index contributed by atoms with van der Waals surface area (Å²) in [4.78, 5) is 16.6. The van der Waals surface area contributed by atoms with Gasteiger partial charge in [-0.25, -0.2) is 4.98 Å². The molecule has 3 aromatic rings. The number of hydrogen-bond acceptors (Lipinski definition) is 6. The summed E-state index contributed by atoms with van der Waals surface area (Å²) in [6.07, 6.45) is -0.123. The lowest BCUT2D eigenvalue weighted by atomic mass is 10.1. The van der Waals surface area contributed by atoms with E-state index in [1.54, 1.807) is 32.4 Å². The van der Waals surface area contributed by atoms with Crippen LogP contribution in [0.5, 0.6) is 11.5 Å². The average molecular weight is 496 g/mol. The van der Waals surface area contributed by atoms with Gasteiger partial charge in [0.1, 0.15) is 11.5 Å².